The number of aliphatic hydroxyl groups excluding tert-OH is 1. The average Bonchev–Trinajstić information content (AvgIpc) is 2.53. The van der Waals surface area contributed by atoms with E-state index in [2.05, 4.69) is 42.6 Å². The van der Waals surface area contributed by atoms with Gasteiger partial charge in [-0.15, -0.1) is 0 Å². The van der Waals surface area contributed by atoms with Crippen LogP contribution in [0.3, 0.4) is 0 Å². The second-order valence-electron chi connectivity index (χ2n) is 6.39. The van der Waals surface area contributed by atoms with Crippen molar-refractivity contribution in [3.63, 3.8) is 0 Å². The topological polar surface area (TPSA) is 32.3 Å². The molecule has 1 saturated carbocycles. The maximum absolute atomic E-state index is 9.78. The molecule has 1 unspecified atom stereocenters. The van der Waals surface area contributed by atoms with Crippen molar-refractivity contribution in [2.45, 2.75) is 57.9 Å². The molecule has 1 aliphatic rings. The van der Waals surface area contributed by atoms with E-state index in [1.807, 2.05) is 0 Å². The van der Waals surface area contributed by atoms with Gasteiger partial charge in [0.05, 0.1) is 0 Å². The molecule has 0 radical (unpaired) electrons. The van der Waals surface area contributed by atoms with Gasteiger partial charge in [-0.25, -0.2) is 0 Å². The van der Waals surface area contributed by atoms with Crippen LogP contribution in [-0.2, 0) is 6.42 Å². The van der Waals surface area contributed by atoms with E-state index in [0.717, 1.165) is 19.4 Å². The number of aliphatic hydroxyl groups is 1. The van der Waals surface area contributed by atoms with Gasteiger partial charge in [0.25, 0.3) is 0 Å². The third-order valence-electron chi connectivity index (χ3n) is 4.83. The summed E-state index contributed by atoms with van der Waals surface area (Å²) in [6, 6.07) is 11.2. The highest BCUT2D eigenvalue weighted by atomic mass is 16.3. The summed E-state index contributed by atoms with van der Waals surface area (Å²) in [5.74, 6) is 0. The summed E-state index contributed by atoms with van der Waals surface area (Å²) in [5, 5.41) is 13.5. The molecule has 0 aliphatic heterocycles. The van der Waals surface area contributed by atoms with Crippen molar-refractivity contribution in [3.8, 4) is 0 Å². The third kappa shape index (κ3) is 4.32. The van der Waals surface area contributed by atoms with Gasteiger partial charge in [-0.05, 0) is 31.2 Å². The summed E-state index contributed by atoms with van der Waals surface area (Å²) >= 11 is 0. The van der Waals surface area contributed by atoms with Gasteiger partial charge in [-0.1, -0.05) is 56.5 Å². The molecule has 0 amide bonds. The third-order valence-corrected chi connectivity index (χ3v) is 4.83. The zero-order valence-corrected chi connectivity index (χ0v) is 12.8. The Morgan fingerprint density at radius 1 is 1.15 bits per heavy atom. The van der Waals surface area contributed by atoms with Crippen LogP contribution in [0.1, 0.15) is 51.0 Å². The van der Waals surface area contributed by atoms with E-state index in [1.165, 1.54) is 37.7 Å². The predicted octanol–water partition coefficient (Wildman–Crippen LogP) is 3.54. The zero-order chi connectivity index (χ0) is 14.3. The first-order chi connectivity index (χ1) is 9.78. The average molecular weight is 275 g/mol. The van der Waals surface area contributed by atoms with Gasteiger partial charge in [-0.3, -0.25) is 0 Å². The molecule has 0 saturated heterocycles. The van der Waals surface area contributed by atoms with Gasteiger partial charge < -0.3 is 10.4 Å². The molecule has 2 N–H and O–H groups in total. The van der Waals surface area contributed by atoms with E-state index >= 15 is 0 Å². The van der Waals surface area contributed by atoms with Crippen molar-refractivity contribution >= 4 is 0 Å². The first-order valence-electron chi connectivity index (χ1n) is 8.16. The standard InChI is InChI=1S/C18H29NO/c1-2-17(13-16-9-5-3-6-10-16)19-14-18(15-20)11-7-4-8-12-18/h3,5-6,9-10,17,19-20H,2,4,7-8,11-15H2,1H3. The van der Waals surface area contributed by atoms with Crippen LogP contribution in [0.4, 0.5) is 0 Å². The predicted molar refractivity (Wildman–Crippen MR) is 84.8 cm³/mol. The SMILES string of the molecule is CCC(Cc1ccccc1)NCC1(CO)CCCCC1. The van der Waals surface area contributed by atoms with Gasteiger partial charge in [0.1, 0.15) is 0 Å². The summed E-state index contributed by atoms with van der Waals surface area (Å²) in [4.78, 5) is 0. The van der Waals surface area contributed by atoms with E-state index in [1.54, 1.807) is 0 Å². The minimum Gasteiger partial charge on any atom is -0.396 e. The molecule has 0 aromatic heterocycles. The number of nitrogens with one attached hydrogen (secondary N) is 1. The first-order valence-corrected chi connectivity index (χ1v) is 8.16. The number of rotatable bonds is 7. The Kier molecular flexibility index (Phi) is 6.06. The number of hydrogen-bond acceptors (Lipinski definition) is 2. The van der Waals surface area contributed by atoms with Crippen LogP contribution >= 0.6 is 0 Å². The fraction of sp³-hybridized carbons (Fsp3) is 0.667. The summed E-state index contributed by atoms with van der Waals surface area (Å²) in [6.07, 6.45) is 8.46. The maximum atomic E-state index is 9.78. The molecule has 0 spiro atoms. The molecule has 1 atom stereocenters. The Morgan fingerprint density at radius 2 is 1.85 bits per heavy atom. The smallest absolute Gasteiger partial charge is 0.0499 e. The van der Waals surface area contributed by atoms with Crippen LogP contribution in [0.2, 0.25) is 0 Å². The molecule has 1 aliphatic carbocycles. The Hall–Kier alpha value is -0.860. The summed E-state index contributed by atoms with van der Waals surface area (Å²) in [7, 11) is 0. The lowest BCUT2D eigenvalue weighted by Crippen LogP contribution is -2.43. The fourth-order valence-corrected chi connectivity index (χ4v) is 3.31. The van der Waals surface area contributed by atoms with Crippen molar-refractivity contribution in [2.24, 2.45) is 5.41 Å². The second kappa shape index (κ2) is 7.80. The Balaban J connectivity index is 1.86. The van der Waals surface area contributed by atoms with Gasteiger partial charge in [-0.2, -0.15) is 0 Å². The monoisotopic (exact) mass is 275 g/mol. The second-order valence-corrected chi connectivity index (χ2v) is 6.39. The van der Waals surface area contributed by atoms with Crippen LogP contribution in [0.15, 0.2) is 30.3 Å². The molecule has 1 aromatic carbocycles. The van der Waals surface area contributed by atoms with Crippen LogP contribution in [0, 0.1) is 5.41 Å². The molecule has 2 heteroatoms. The summed E-state index contributed by atoms with van der Waals surface area (Å²) in [6.45, 7) is 3.55. The largest absolute Gasteiger partial charge is 0.396 e. The molecule has 2 nitrogen and oxygen atoms in total. The normalized spacial score (nSPS) is 19.7. The molecule has 112 valence electrons. The van der Waals surface area contributed by atoms with Crippen molar-refractivity contribution < 1.29 is 5.11 Å². The molecule has 1 aromatic rings. The van der Waals surface area contributed by atoms with Gasteiger partial charge in [0.2, 0.25) is 0 Å². The Labute approximate surface area is 123 Å². The molecule has 2 rings (SSSR count). The van der Waals surface area contributed by atoms with Gasteiger partial charge >= 0.3 is 0 Å². The van der Waals surface area contributed by atoms with Crippen LogP contribution in [0.25, 0.3) is 0 Å². The maximum Gasteiger partial charge on any atom is 0.0499 e. The number of benzene rings is 1. The molecular formula is C18H29NO. The Morgan fingerprint density at radius 3 is 2.45 bits per heavy atom. The lowest BCUT2D eigenvalue weighted by Gasteiger charge is -2.37. The molecule has 0 heterocycles. The highest BCUT2D eigenvalue weighted by Crippen LogP contribution is 2.35. The van der Waals surface area contributed by atoms with Gasteiger partial charge in [0, 0.05) is 24.6 Å². The highest BCUT2D eigenvalue weighted by molar-refractivity contribution is 5.15. The van der Waals surface area contributed by atoms with Gasteiger partial charge in [0.15, 0.2) is 0 Å². The van der Waals surface area contributed by atoms with Crippen LogP contribution in [-0.4, -0.2) is 24.3 Å². The lowest BCUT2D eigenvalue weighted by molar-refractivity contribution is 0.0781. The lowest BCUT2D eigenvalue weighted by atomic mass is 9.74. The zero-order valence-electron chi connectivity index (χ0n) is 12.8. The molecule has 20 heavy (non-hydrogen) atoms. The highest BCUT2D eigenvalue weighted by Gasteiger charge is 2.31. The Bertz CT molecular complexity index is 370. The number of hydrogen-bond donors (Lipinski definition) is 2. The quantitative estimate of drug-likeness (QED) is 0.798. The molecule has 1 fully saturated rings. The van der Waals surface area contributed by atoms with Crippen molar-refractivity contribution in [2.75, 3.05) is 13.2 Å². The molecular weight excluding hydrogens is 246 g/mol. The van der Waals surface area contributed by atoms with Crippen molar-refractivity contribution in [1.29, 1.82) is 0 Å². The van der Waals surface area contributed by atoms with Crippen molar-refractivity contribution in [1.82, 2.24) is 5.32 Å². The summed E-state index contributed by atoms with van der Waals surface area (Å²) < 4.78 is 0. The molecule has 0 bridgehead atoms. The minimum absolute atomic E-state index is 0.141. The summed E-state index contributed by atoms with van der Waals surface area (Å²) in [5.41, 5.74) is 1.54. The van der Waals surface area contributed by atoms with E-state index in [4.69, 9.17) is 0 Å². The fourth-order valence-electron chi connectivity index (χ4n) is 3.31. The van der Waals surface area contributed by atoms with E-state index in [0.29, 0.717) is 12.6 Å². The van der Waals surface area contributed by atoms with Crippen LogP contribution in [0.5, 0.6) is 0 Å². The van der Waals surface area contributed by atoms with Crippen molar-refractivity contribution in [3.05, 3.63) is 35.9 Å². The first kappa shape index (κ1) is 15.5. The van der Waals surface area contributed by atoms with Crippen LogP contribution < -0.4 is 5.32 Å². The van der Waals surface area contributed by atoms with E-state index in [-0.39, 0.29) is 5.41 Å². The minimum atomic E-state index is 0.141. The van der Waals surface area contributed by atoms with E-state index in [9.17, 15) is 5.11 Å². The van der Waals surface area contributed by atoms with E-state index < -0.39 is 0 Å².